The van der Waals surface area contributed by atoms with Gasteiger partial charge in [0.25, 0.3) is 0 Å². The molecule has 204 valence electrons. The van der Waals surface area contributed by atoms with Gasteiger partial charge in [-0.3, -0.25) is 9.80 Å². The Balaban J connectivity index is 1.26. The van der Waals surface area contributed by atoms with Crippen LogP contribution >= 0.6 is 0 Å². The molecule has 2 aliphatic rings. The first-order valence-corrected chi connectivity index (χ1v) is 12.1. The van der Waals surface area contributed by atoms with E-state index in [4.69, 9.17) is 9.84 Å². The molecule has 1 N–H and O–H groups in total. The Morgan fingerprint density at radius 2 is 1.79 bits per heavy atom. The second-order valence-corrected chi connectivity index (χ2v) is 9.51. The third kappa shape index (κ3) is 5.95. The van der Waals surface area contributed by atoms with E-state index in [-0.39, 0.29) is 16.7 Å². The fraction of sp³-hybridized carbons (Fsp3) is 0.296. The molecule has 0 saturated carbocycles. The van der Waals surface area contributed by atoms with Crippen LogP contribution < -0.4 is 9.64 Å². The summed E-state index contributed by atoms with van der Waals surface area (Å²) in [6.45, 7) is 1.74. The minimum Gasteiger partial charge on any atom is -0.478 e. The van der Waals surface area contributed by atoms with Gasteiger partial charge in [0.05, 0.1) is 12.1 Å². The number of pyridine rings is 1. The Bertz CT molecular complexity index is 1370. The maximum Gasteiger partial charge on any atom is 0.573 e. The van der Waals surface area contributed by atoms with Crippen LogP contribution in [0.2, 0.25) is 0 Å². The molecular weight excluding hydrogens is 522 g/mol. The first-order valence-electron chi connectivity index (χ1n) is 12.1. The van der Waals surface area contributed by atoms with Crippen molar-refractivity contribution in [3.8, 4) is 16.9 Å². The van der Waals surface area contributed by atoms with Crippen LogP contribution in [0.25, 0.3) is 11.1 Å². The van der Waals surface area contributed by atoms with E-state index in [0.717, 1.165) is 12.3 Å². The SMILES string of the molecule is O=C(O)c1ccc(N2CC3(CCN(Cc4ccc(-c5ccc(F)nc5)c(OC(F)(F)F)c4)CC3)OC2=O)cc1. The van der Waals surface area contributed by atoms with Crippen molar-refractivity contribution < 1.29 is 41.7 Å². The van der Waals surface area contributed by atoms with Gasteiger partial charge in [-0.1, -0.05) is 12.1 Å². The molecule has 12 heteroatoms. The van der Waals surface area contributed by atoms with E-state index in [0.29, 0.717) is 50.3 Å². The van der Waals surface area contributed by atoms with Crippen LogP contribution in [0.5, 0.6) is 5.75 Å². The highest BCUT2D eigenvalue weighted by Gasteiger charge is 2.47. The number of anilines is 1. The average Bonchev–Trinajstić information content (AvgIpc) is 3.21. The molecule has 8 nitrogen and oxygen atoms in total. The first-order chi connectivity index (χ1) is 18.5. The number of hydrogen-bond donors (Lipinski definition) is 1. The van der Waals surface area contributed by atoms with Gasteiger partial charge in [-0.2, -0.15) is 4.39 Å². The van der Waals surface area contributed by atoms with E-state index < -0.39 is 35.7 Å². The minimum absolute atomic E-state index is 0.112. The molecule has 1 aromatic heterocycles. The van der Waals surface area contributed by atoms with Gasteiger partial charge < -0.3 is 14.6 Å². The van der Waals surface area contributed by atoms with Crippen LogP contribution in [-0.4, -0.2) is 58.7 Å². The van der Waals surface area contributed by atoms with Crippen molar-refractivity contribution in [2.45, 2.75) is 31.3 Å². The zero-order valence-corrected chi connectivity index (χ0v) is 20.4. The van der Waals surface area contributed by atoms with Crippen LogP contribution in [-0.2, 0) is 11.3 Å². The predicted molar refractivity (Wildman–Crippen MR) is 131 cm³/mol. The van der Waals surface area contributed by atoms with Gasteiger partial charge >= 0.3 is 18.4 Å². The Morgan fingerprint density at radius 3 is 2.41 bits per heavy atom. The normalized spacial score (nSPS) is 17.3. The van der Waals surface area contributed by atoms with E-state index in [9.17, 15) is 27.2 Å². The van der Waals surface area contributed by atoms with Crippen LogP contribution in [0.15, 0.2) is 60.8 Å². The molecule has 0 aliphatic carbocycles. The monoisotopic (exact) mass is 545 g/mol. The highest BCUT2D eigenvalue weighted by Crippen LogP contribution is 2.38. The predicted octanol–water partition coefficient (Wildman–Crippen LogP) is 5.48. The molecule has 5 rings (SSSR count). The number of benzene rings is 2. The second-order valence-electron chi connectivity index (χ2n) is 9.51. The molecule has 0 radical (unpaired) electrons. The topological polar surface area (TPSA) is 92.2 Å². The molecule has 1 amide bonds. The molecular formula is C27H23F4N3O5. The van der Waals surface area contributed by atoms with Gasteiger partial charge in [0.15, 0.2) is 0 Å². The number of halogens is 4. The first kappa shape index (κ1) is 26.4. The third-order valence-corrected chi connectivity index (χ3v) is 6.88. The van der Waals surface area contributed by atoms with Crippen molar-refractivity contribution >= 4 is 17.7 Å². The summed E-state index contributed by atoms with van der Waals surface area (Å²) in [5, 5.41) is 9.08. The van der Waals surface area contributed by atoms with E-state index in [1.807, 2.05) is 0 Å². The van der Waals surface area contributed by atoms with Crippen molar-refractivity contribution in [2.75, 3.05) is 24.5 Å². The molecule has 2 fully saturated rings. The molecule has 2 saturated heterocycles. The average molecular weight is 545 g/mol. The fourth-order valence-electron chi connectivity index (χ4n) is 4.89. The number of likely N-dealkylation sites (tertiary alicyclic amines) is 1. The number of aromatic carboxylic acids is 1. The Morgan fingerprint density at radius 1 is 1.08 bits per heavy atom. The maximum absolute atomic E-state index is 13.2. The van der Waals surface area contributed by atoms with Crippen molar-refractivity contribution in [3.05, 3.63) is 77.9 Å². The van der Waals surface area contributed by atoms with E-state index in [2.05, 4.69) is 14.6 Å². The van der Waals surface area contributed by atoms with Gasteiger partial charge in [-0.05, 0) is 48.0 Å². The zero-order chi connectivity index (χ0) is 27.8. The zero-order valence-electron chi connectivity index (χ0n) is 20.4. The Labute approximate surface area is 220 Å². The molecule has 2 aliphatic heterocycles. The number of amides is 1. The van der Waals surface area contributed by atoms with E-state index in [1.165, 1.54) is 35.2 Å². The molecule has 1 spiro atoms. The van der Waals surface area contributed by atoms with Crippen LogP contribution in [0.4, 0.5) is 28.0 Å². The Kier molecular flexibility index (Phi) is 6.89. The second kappa shape index (κ2) is 10.2. The number of hydrogen-bond acceptors (Lipinski definition) is 6. The summed E-state index contributed by atoms with van der Waals surface area (Å²) < 4.78 is 62.6. The number of alkyl halides is 3. The molecule has 2 aromatic carbocycles. The summed E-state index contributed by atoms with van der Waals surface area (Å²) in [5.74, 6) is -2.21. The summed E-state index contributed by atoms with van der Waals surface area (Å²) >= 11 is 0. The van der Waals surface area contributed by atoms with Crippen molar-refractivity contribution in [3.63, 3.8) is 0 Å². The van der Waals surface area contributed by atoms with E-state index in [1.54, 1.807) is 18.2 Å². The number of carboxylic acid groups (broad SMARTS) is 1. The van der Waals surface area contributed by atoms with Crippen molar-refractivity contribution in [1.29, 1.82) is 0 Å². The van der Waals surface area contributed by atoms with Gasteiger partial charge in [0.2, 0.25) is 5.95 Å². The fourth-order valence-corrected chi connectivity index (χ4v) is 4.89. The van der Waals surface area contributed by atoms with Crippen molar-refractivity contribution in [2.24, 2.45) is 0 Å². The van der Waals surface area contributed by atoms with Crippen LogP contribution in [0.1, 0.15) is 28.8 Å². The van der Waals surface area contributed by atoms with Crippen LogP contribution in [0, 0.1) is 5.95 Å². The van der Waals surface area contributed by atoms with Gasteiger partial charge in [0.1, 0.15) is 11.4 Å². The molecule has 3 heterocycles. The van der Waals surface area contributed by atoms with Crippen LogP contribution in [0.3, 0.4) is 0 Å². The lowest BCUT2D eigenvalue weighted by Crippen LogP contribution is -2.46. The standard InChI is InChI=1S/C27H23F4N3O5/c28-23-8-4-19(14-32-23)21-7-1-17(13-22(21)38-27(29,30)31)15-33-11-9-26(10-12-33)16-34(25(37)39-26)20-5-2-18(3-6-20)24(35)36/h1-8,13-14H,9-12,15-16H2,(H,35,36). The minimum atomic E-state index is -4.91. The maximum atomic E-state index is 13.2. The molecule has 0 atom stereocenters. The van der Waals surface area contributed by atoms with Crippen molar-refractivity contribution in [1.82, 2.24) is 9.88 Å². The third-order valence-electron chi connectivity index (χ3n) is 6.88. The Hall–Kier alpha value is -4.19. The van der Waals surface area contributed by atoms with Gasteiger partial charge in [0, 0.05) is 55.5 Å². The lowest BCUT2D eigenvalue weighted by molar-refractivity contribution is -0.274. The van der Waals surface area contributed by atoms with E-state index >= 15 is 0 Å². The number of aromatic nitrogens is 1. The number of carbonyl (C=O) groups excluding carboxylic acids is 1. The summed E-state index contributed by atoms with van der Waals surface area (Å²) in [6.07, 6.45) is -3.23. The quantitative estimate of drug-likeness (QED) is 0.324. The smallest absolute Gasteiger partial charge is 0.478 e. The largest absolute Gasteiger partial charge is 0.573 e. The van der Waals surface area contributed by atoms with Gasteiger partial charge in [-0.25, -0.2) is 14.6 Å². The number of nitrogens with zero attached hydrogens (tertiary/aromatic N) is 3. The summed E-state index contributed by atoms with van der Waals surface area (Å²) in [4.78, 5) is 30.7. The summed E-state index contributed by atoms with van der Waals surface area (Å²) in [6, 6.07) is 12.8. The summed E-state index contributed by atoms with van der Waals surface area (Å²) in [5.41, 5.74) is 0.956. The van der Waals surface area contributed by atoms with Gasteiger partial charge in [-0.15, -0.1) is 13.2 Å². The number of piperidine rings is 1. The molecule has 0 unspecified atom stereocenters. The number of ether oxygens (including phenoxy) is 2. The number of carbonyl (C=O) groups is 2. The molecule has 0 bridgehead atoms. The molecule has 39 heavy (non-hydrogen) atoms. The summed E-state index contributed by atoms with van der Waals surface area (Å²) in [7, 11) is 0. The highest BCUT2D eigenvalue weighted by molar-refractivity contribution is 5.92. The lowest BCUT2D eigenvalue weighted by atomic mass is 9.91. The lowest BCUT2D eigenvalue weighted by Gasteiger charge is -2.37. The highest BCUT2D eigenvalue weighted by atomic mass is 19.4. The molecule has 3 aromatic rings. The number of rotatable bonds is 6. The number of carboxylic acids is 1.